The molecule has 1 aromatic rings. The van der Waals surface area contributed by atoms with Crippen LogP contribution in [-0.4, -0.2) is 34.8 Å². The number of esters is 1. The topological polar surface area (TPSA) is 63.6 Å². The SMILES string of the molecule is C=C[C@]1(C)C[C@@H](OC(=O)CSc2ccccc2)[C@]2(C)C(C)CCC3(CCC(=O)C32)[C@@H](C)[C@@H]1O.CCC. The maximum Gasteiger partial charge on any atom is 0.316 e. The monoisotopic (exact) mass is 514 g/mol. The average Bonchev–Trinajstić information content (AvgIpc) is 3.22. The lowest BCUT2D eigenvalue weighted by Crippen LogP contribution is -2.63. The summed E-state index contributed by atoms with van der Waals surface area (Å²) in [5, 5.41) is 11.6. The van der Waals surface area contributed by atoms with Crippen LogP contribution in [0.25, 0.3) is 0 Å². The molecule has 4 nitrogen and oxygen atoms in total. The van der Waals surface area contributed by atoms with E-state index in [4.69, 9.17) is 4.74 Å². The van der Waals surface area contributed by atoms with Gasteiger partial charge in [0.05, 0.1) is 11.9 Å². The number of hydrogen-bond acceptors (Lipinski definition) is 5. The maximum absolute atomic E-state index is 13.4. The molecule has 3 aliphatic rings. The van der Waals surface area contributed by atoms with Crippen LogP contribution in [0.2, 0.25) is 0 Å². The van der Waals surface area contributed by atoms with Crippen LogP contribution in [0.15, 0.2) is 47.9 Å². The minimum Gasteiger partial charge on any atom is -0.461 e. The standard InChI is InChI=1S/C28H38O4S.C3H8/c1-6-26(4)16-22(32-23(30)17-33-20-10-8-7-9-11-20)27(5)18(2)12-14-28(19(3)25(26)31)15-13-21(29)24(27)28;1-3-2/h6-11,18-19,22,24-25,31H,1,12-17H2,2-5H3;3H2,1-2H3/t18?,19-,22+,24?,25-,26+,27-,28?;/m0./s1. The molecule has 3 unspecified atom stereocenters. The van der Waals surface area contributed by atoms with Gasteiger partial charge in [0, 0.05) is 28.1 Å². The van der Waals surface area contributed by atoms with E-state index in [0.29, 0.717) is 12.8 Å². The van der Waals surface area contributed by atoms with Crippen LogP contribution in [0.3, 0.4) is 0 Å². The van der Waals surface area contributed by atoms with Crippen molar-refractivity contribution in [3.8, 4) is 0 Å². The second-order valence-electron chi connectivity index (χ2n) is 11.9. The van der Waals surface area contributed by atoms with E-state index in [-0.39, 0.29) is 40.7 Å². The van der Waals surface area contributed by atoms with Gasteiger partial charge in [0.1, 0.15) is 11.9 Å². The van der Waals surface area contributed by atoms with Crippen molar-refractivity contribution in [2.75, 3.05) is 5.75 Å². The van der Waals surface area contributed by atoms with Crippen molar-refractivity contribution in [1.82, 2.24) is 0 Å². The van der Waals surface area contributed by atoms with Crippen LogP contribution in [-0.2, 0) is 14.3 Å². The van der Waals surface area contributed by atoms with Crippen LogP contribution >= 0.6 is 11.8 Å². The van der Waals surface area contributed by atoms with E-state index >= 15 is 0 Å². The first-order valence-corrected chi connectivity index (χ1v) is 14.7. The highest BCUT2D eigenvalue weighted by molar-refractivity contribution is 8.00. The van der Waals surface area contributed by atoms with Gasteiger partial charge in [-0.25, -0.2) is 0 Å². The van der Waals surface area contributed by atoms with Crippen molar-refractivity contribution < 1.29 is 19.4 Å². The van der Waals surface area contributed by atoms with Crippen LogP contribution < -0.4 is 0 Å². The molecule has 8 atom stereocenters. The van der Waals surface area contributed by atoms with Gasteiger partial charge in [-0.05, 0) is 55.1 Å². The summed E-state index contributed by atoms with van der Waals surface area (Å²) in [6.07, 6.45) is 5.77. The van der Waals surface area contributed by atoms with Gasteiger partial charge in [-0.15, -0.1) is 18.3 Å². The molecule has 4 rings (SSSR count). The Morgan fingerprint density at radius 1 is 1.19 bits per heavy atom. The second kappa shape index (κ2) is 11.4. The molecule has 1 aromatic carbocycles. The molecule has 36 heavy (non-hydrogen) atoms. The molecule has 1 N–H and O–H groups in total. The molecule has 0 aliphatic heterocycles. The van der Waals surface area contributed by atoms with E-state index in [1.54, 1.807) is 0 Å². The first-order chi connectivity index (χ1) is 17.0. The molecule has 200 valence electrons. The van der Waals surface area contributed by atoms with E-state index < -0.39 is 23.0 Å². The summed E-state index contributed by atoms with van der Waals surface area (Å²) in [6.45, 7) is 16.9. The smallest absolute Gasteiger partial charge is 0.316 e. The highest BCUT2D eigenvalue weighted by Crippen LogP contribution is 2.68. The number of aliphatic hydroxyl groups excluding tert-OH is 1. The fourth-order valence-electron chi connectivity index (χ4n) is 7.35. The van der Waals surface area contributed by atoms with Crippen molar-refractivity contribution in [2.24, 2.45) is 34.0 Å². The molecule has 3 aliphatic carbocycles. The molecule has 0 spiro atoms. The van der Waals surface area contributed by atoms with Gasteiger partial charge in [-0.2, -0.15) is 0 Å². The Labute approximate surface area is 222 Å². The summed E-state index contributed by atoms with van der Waals surface area (Å²) >= 11 is 1.46. The highest BCUT2D eigenvalue weighted by Gasteiger charge is 2.68. The third-order valence-electron chi connectivity index (χ3n) is 9.68. The Bertz CT molecular complexity index is 932. The van der Waals surface area contributed by atoms with Crippen molar-refractivity contribution >= 4 is 23.5 Å². The normalized spacial score (nSPS) is 39.6. The number of Topliss-reactive ketones (excluding diaryl/α,β-unsaturated/α-hetero) is 1. The number of aliphatic hydroxyl groups is 1. The largest absolute Gasteiger partial charge is 0.461 e. The predicted molar refractivity (Wildman–Crippen MR) is 148 cm³/mol. The fourth-order valence-corrected chi connectivity index (χ4v) is 8.06. The van der Waals surface area contributed by atoms with Gasteiger partial charge in [0.2, 0.25) is 0 Å². The zero-order valence-electron chi connectivity index (χ0n) is 23.1. The van der Waals surface area contributed by atoms with Crippen molar-refractivity contribution in [3.05, 3.63) is 43.0 Å². The van der Waals surface area contributed by atoms with Gasteiger partial charge < -0.3 is 9.84 Å². The number of carbonyl (C=O) groups excluding carboxylic acids is 2. The highest BCUT2D eigenvalue weighted by atomic mass is 32.2. The lowest BCUT2D eigenvalue weighted by molar-refractivity contribution is -0.205. The van der Waals surface area contributed by atoms with E-state index in [9.17, 15) is 14.7 Å². The number of benzene rings is 1. The first-order valence-electron chi connectivity index (χ1n) is 13.7. The fraction of sp³-hybridized carbons (Fsp3) is 0.677. The van der Waals surface area contributed by atoms with E-state index in [2.05, 4.69) is 41.2 Å². The summed E-state index contributed by atoms with van der Waals surface area (Å²) in [6, 6.07) is 9.83. The molecular formula is C31H46O4S. The molecule has 0 amide bonds. The lowest BCUT2D eigenvalue weighted by Gasteiger charge is -2.61. The predicted octanol–water partition coefficient (Wildman–Crippen LogP) is 7.10. The minimum absolute atomic E-state index is 0.0194. The summed E-state index contributed by atoms with van der Waals surface area (Å²) in [5.41, 5.74) is -1.30. The molecule has 0 aromatic heterocycles. The number of ketones is 1. The third-order valence-corrected chi connectivity index (χ3v) is 10.7. The van der Waals surface area contributed by atoms with Crippen molar-refractivity contribution in [2.45, 2.75) is 97.2 Å². The van der Waals surface area contributed by atoms with Crippen LogP contribution in [0.4, 0.5) is 0 Å². The molecule has 5 heteroatoms. The zero-order valence-corrected chi connectivity index (χ0v) is 23.9. The van der Waals surface area contributed by atoms with Gasteiger partial charge in [0.15, 0.2) is 0 Å². The quantitative estimate of drug-likeness (QED) is 0.258. The number of rotatable bonds is 5. The van der Waals surface area contributed by atoms with E-state index in [1.165, 1.54) is 18.2 Å². The Morgan fingerprint density at radius 2 is 1.83 bits per heavy atom. The average molecular weight is 515 g/mol. The summed E-state index contributed by atoms with van der Waals surface area (Å²) in [7, 11) is 0. The first kappa shape index (κ1) is 29.0. The van der Waals surface area contributed by atoms with Gasteiger partial charge in [0.25, 0.3) is 0 Å². The Morgan fingerprint density at radius 3 is 2.44 bits per heavy atom. The third kappa shape index (κ3) is 5.07. The van der Waals surface area contributed by atoms with Gasteiger partial charge in [-0.3, -0.25) is 9.59 Å². The van der Waals surface area contributed by atoms with E-state index in [0.717, 1.165) is 24.2 Å². The number of ether oxygens (including phenoxy) is 1. The summed E-state index contributed by atoms with van der Waals surface area (Å²) in [5.74, 6) is 0.275. The summed E-state index contributed by atoms with van der Waals surface area (Å²) < 4.78 is 6.27. The molecule has 0 saturated heterocycles. The zero-order chi connectivity index (χ0) is 26.7. The molecular weight excluding hydrogens is 468 g/mol. The number of hydrogen-bond donors (Lipinski definition) is 1. The van der Waals surface area contributed by atoms with Crippen molar-refractivity contribution in [3.63, 3.8) is 0 Å². The van der Waals surface area contributed by atoms with Crippen LogP contribution in [0, 0.1) is 34.0 Å². The Kier molecular flexibility index (Phi) is 9.20. The minimum atomic E-state index is -0.638. The second-order valence-corrected chi connectivity index (χ2v) is 12.9. The Hall–Kier alpha value is -1.59. The van der Waals surface area contributed by atoms with Crippen LogP contribution in [0.1, 0.15) is 80.1 Å². The van der Waals surface area contributed by atoms with Crippen molar-refractivity contribution in [1.29, 1.82) is 0 Å². The number of carbonyl (C=O) groups is 2. The summed E-state index contributed by atoms with van der Waals surface area (Å²) in [4.78, 5) is 27.5. The molecule has 2 bridgehead atoms. The molecule has 0 radical (unpaired) electrons. The lowest BCUT2D eigenvalue weighted by atomic mass is 9.44. The van der Waals surface area contributed by atoms with Gasteiger partial charge in [-0.1, -0.05) is 72.2 Å². The maximum atomic E-state index is 13.4. The van der Waals surface area contributed by atoms with Gasteiger partial charge >= 0.3 is 5.97 Å². The number of thioether (sulfide) groups is 1. The molecule has 3 fully saturated rings. The van der Waals surface area contributed by atoms with E-state index in [1.807, 2.05) is 43.3 Å². The Balaban J connectivity index is 0.00000115. The molecule has 3 saturated carbocycles. The van der Waals surface area contributed by atoms with Crippen LogP contribution in [0.5, 0.6) is 0 Å². The molecule has 0 heterocycles.